The Kier molecular flexibility index (Phi) is 5.77. The smallest absolute Gasteiger partial charge is 0.270 e. The predicted octanol–water partition coefficient (Wildman–Crippen LogP) is 2.92. The van der Waals surface area contributed by atoms with Gasteiger partial charge in [-0.3, -0.25) is 4.79 Å². The summed E-state index contributed by atoms with van der Waals surface area (Å²) in [7, 11) is 0. The van der Waals surface area contributed by atoms with Crippen molar-refractivity contribution < 1.29 is 4.79 Å². The van der Waals surface area contributed by atoms with Gasteiger partial charge in [0.25, 0.3) is 5.91 Å². The highest BCUT2D eigenvalue weighted by atomic mass is 35.5. The molecule has 0 aliphatic heterocycles. The molecular weight excluding hydrogens is 244 g/mol. The molecule has 1 unspecified atom stereocenters. The molecule has 0 aliphatic carbocycles. The summed E-state index contributed by atoms with van der Waals surface area (Å²) in [6.07, 6.45) is 2.08. The lowest BCUT2D eigenvalue weighted by molar-refractivity contribution is 0.0947. The fourth-order valence-corrected chi connectivity index (χ4v) is 2.54. The van der Waals surface area contributed by atoms with Gasteiger partial charge in [-0.1, -0.05) is 26.7 Å². The van der Waals surface area contributed by atoms with Gasteiger partial charge in [0.15, 0.2) is 0 Å². The van der Waals surface area contributed by atoms with E-state index in [0.717, 1.165) is 12.8 Å². The molecule has 1 aromatic heterocycles. The van der Waals surface area contributed by atoms with Crippen LogP contribution >= 0.6 is 22.9 Å². The topological polar surface area (TPSA) is 42.0 Å². The minimum atomic E-state index is -0.141. The van der Waals surface area contributed by atoms with Crippen LogP contribution in [-0.4, -0.2) is 22.8 Å². The fraction of sp³-hybridized carbons (Fsp3) is 0.636. The third-order valence-electron chi connectivity index (χ3n) is 2.68. The molecule has 0 aromatic carbocycles. The maximum Gasteiger partial charge on any atom is 0.270 e. The second kappa shape index (κ2) is 6.86. The van der Waals surface area contributed by atoms with Crippen LogP contribution in [0.15, 0.2) is 10.9 Å². The second-order valence-corrected chi connectivity index (χ2v) is 4.96. The van der Waals surface area contributed by atoms with E-state index in [1.807, 2.05) is 0 Å². The summed E-state index contributed by atoms with van der Waals surface area (Å²) in [4.78, 5) is 15.5. The number of nitrogens with one attached hydrogen (secondary N) is 1. The predicted molar refractivity (Wildman–Crippen MR) is 68.2 cm³/mol. The molecule has 16 heavy (non-hydrogen) atoms. The minimum absolute atomic E-state index is 0.00224. The Morgan fingerprint density at radius 2 is 2.25 bits per heavy atom. The summed E-state index contributed by atoms with van der Waals surface area (Å²) in [5.74, 6) is 0.315. The molecule has 1 amide bonds. The van der Waals surface area contributed by atoms with Gasteiger partial charge in [0, 0.05) is 11.9 Å². The normalized spacial score (nSPS) is 12.8. The van der Waals surface area contributed by atoms with Gasteiger partial charge in [0.2, 0.25) is 0 Å². The van der Waals surface area contributed by atoms with Crippen molar-refractivity contribution in [2.75, 3.05) is 6.54 Å². The van der Waals surface area contributed by atoms with Crippen LogP contribution in [0.25, 0.3) is 0 Å². The first-order chi connectivity index (χ1) is 7.69. The maximum atomic E-state index is 11.6. The van der Waals surface area contributed by atoms with Crippen molar-refractivity contribution >= 4 is 28.8 Å². The lowest BCUT2D eigenvalue weighted by atomic mass is 9.99. The van der Waals surface area contributed by atoms with Crippen molar-refractivity contribution in [3.8, 4) is 0 Å². The quantitative estimate of drug-likeness (QED) is 0.799. The van der Waals surface area contributed by atoms with Crippen molar-refractivity contribution in [2.45, 2.75) is 32.1 Å². The van der Waals surface area contributed by atoms with Crippen molar-refractivity contribution in [3.05, 3.63) is 16.6 Å². The Morgan fingerprint density at radius 1 is 1.56 bits per heavy atom. The summed E-state index contributed by atoms with van der Waals surface area (Å²) in [6.45, 7) is 4.74. The fourth-order valence-electron chi connectivity index (χ4n) is 1.57. The zero-order chi connectivity index (χ0) is 12.0. The summed E-state index contributed by atoms with van der Waals surface area (Å²) >= 11 is 7.63. The van der Waals surface area contributed by atoms with Crippen LogP contribution in [0, 0.1) is 5.92 Å². The van der Waals surface area contributed by atoms with Crippen molar-refractivity contribution in [1.29, 1.82) is 0 Å². The molecule has 5 heteroatoms. The number of rotatable bonds is 6. The van der Waals surface area contributed by atoms with Crippen LogP contribution in [-0.2, 0) is 0 Å². The Labute approximate surface area is 105 Å². The van der Waals surface area contributed by atoms with Crippen LogP contribution in [0.4, 0.5) is 0 Å². The Bertz CT molecular complexity index is 312. The SMILES string of the molecule is CCC(CC)C(Cl)CNC(=O)c1cscn1. The number of carbonyl (C=O) groups is 1. The standard InChI is InChI=1S/C11H17ClN2OS/c1-3-8(4-2)9(12)5-13-11(15)10-6-16-7-14-10/h6-9H,3-5H2,1-2H3,(H,13,15). The first-order valence-electron chi connectivity index (χ1n) is 5.49. The molecule has 0 fully saturated rings. The van der Waals surface area contributed by atoms with E-state index in [0.29, 0.717) is 18.2 Å². The van der Waals surface area contributed by atoms with Crippen molar-refractivity contribution in [1.82, 2.24) is 10.3 Å². The number of hydrogen-bond acceptors (Lipinski definition) is 3. The highest BCUT2D eigenvalue weighted by Gasteiger charge is 2.17. The number of alkyl halides is 1. The van der Waals surface area contributed by atoms with Gasteiger partial charge in [0.1, 0.15) is 5.69 Å². The minimum Gasteiger partial charge on any atom is -0.349 e. The molecule has 90 valence electrons. The van der Waals surface area contributed by atoms with E-state index in [2.05, 4.69) is 24.1 Å². The zero-order valence-corrected chi connectivity index (χ0v) is 11.1. The van der Waals surface area contributed by atoms with Crippen molar-refractivity contribution in [3.63, 3.8) is 0 Å². The monoisotopic (exact) mass is 260 g/mol. The number of carbonyl (C=O) groups excluding carboxylic acids is 1. The Balaban J connectivity index is 2.37. The number of amides is 1. The van der Waals surface area contributed by atoms with E-state index < -0.39 is 0 Å². The summed E-state index contributed by atoms with van der Waals surface area (Å²) in [6, 6.07) is 0. The highest BCUT2D eigenvalue weighted by molar-refractivity contribution is 7.07. The second-order valence-electron chi connectivity index (χ2n) is 3.68. The number of hydrogen-bond donors (Lipinski definition) is 1. The van der Waals surface area contributed by atoms with Gasteiger partial charge in [-0.05, 0) is 5.92 Å². The van der Waals surface area contributed by atoms with Crippen molar-refractivity contribution in [2.24, 2.45) is 5.92 Å². The molecule has 1 atom stereocenters. The van der Waals surface area contributed by atoms with Crippen LogP contribution in [0.3, 0.4) is 0 Å². The molecule has 0 bridgehead atoms. The molecule has 1 aromatic rings. The van der Waals surface area contributed by atoms with Gasteiger partial charge in [0.05, 0.1) is 10.9 Å². The Morgan fingerprint density at radius 3 is 2.75 bits per heavy atom. The van der Waals surface area contributed by atoms with Crippen LogP contribution < -0.4 is 5.32 Å². The third-order valence-corrected chi connectivity index (χ3v) is 3.78. The van der Waals surface area contributed by atoms with E-state index in [9.17, 15) is 4.79 Å². The number of aromatic nitrogens is 1. The molecular formula is C11H17ClN2OS. The molecule has 1 rings (SSSR count). The number of nitrogens with zero attached hydrogens (tertiary/aromatic N) is 1. The molecule has 0 aliphatic rings. The van der Waals surface area contributed by atoms with E-state index >= 15 is 0 Å². The first-order valence-corrected chi connectivity index (χ1v) is 6.87. The molecule has 1 heterocycles. The average molecular weight is 261 g/mol. The third kappa shape index (κ3) is 3.76. The largest absolute Gasteiger partial charge is 0.349 e. The highest BCUT2D eigenvalue weighted by Crippen LogP contribution is 2.17. The van der Waals surface area contributed by atoms with Gasteiger partial charge in [-0.25, -0.2) is 4.98 Å². The lowest BCUT2D eigenvalue weighted by Crippen LogP contribution is -2.33. The van der Waals surface area contributed by atoms with Crippen LogP contribution in [0.1, 0.15) is 37.2 Å². The number of thiazole rings is 1. The average Bonchev–Trinajstić information content (AvgIpc) is 2.81. The van der Waals surface area contributed by atoms with Gasteiger partial charge >= 0.3 is 0 Å². The summed E-state index contributed by atoms with van der Waals surface area (Å²) in [5, 5.41) is 4.54. The van der Waals surface area contributed by atoms with E-state index in [4.69, 9.17) is 11.6 Å². The molecule has 1 N–H and O–H groups in total. The van der Waals surface area contributed by atoms with Crippen LogP contribution in [0.2, 0.25) is 0 Å². The molecule has 3 nitrogen and oxygen atoms in total. The van der Waals surface area contributed by atoms with E-state index in [1.54, 1.807) is 10.9 Å². The zero-order valence-electron chi connectivity index (χ0n) is 9.57. The van der Waals surface area contributed by atoms with E-state index in [-0.39, 0.29) is 11.3 Å². The summed E-state index contributed by atoms with van der Waals surface area (Å²) in [5.41, 5.74) is 2.12. The van der Waals surface area contributed by atoms with Gasteiger partial charge in [-0.2, -0.15) is 0 Å². The maximum absolute atomic E-state index is 11.6. The van der Waals surface area contributed by atoms with Crippen LogP contribution in [0.5, 0.6) is 0 Å². The Hall–Kier alpha value is -0.610. The molecule has 0 radical (unpaired) electrons. The van der Waals surface area contributed by atoms with Gasteiger partial charge in [-0.15, -0.1) is 22.9 Å². The molecule has 0 saturated heterocycles. The number of halogens is 1. The van der Waals surface area contributed by atoms with Gasteiger partial charge < -0.3 is 5.32 Å². The lowest BCUT2D eigenvalue weighted by Gasteiger charge is -2.19. The molecule has 0 spiro atoms. The summed E-state index contributed by atoms with van der Waals surface area (Å²) < 4.78 is 0. The molecule has 0 saturated carbocycles. The van der Waals surface area contributed by atoms with E-state index in [1.165, 1.54) is 11.3 Å². The first kappa shape index (κ1) is 13.5.